The van der Waals surface area contributed by atoms with Gasteiger partial charge in [0.15, 0.2) is 0 Å². The van der Waals surface area contributed by atoms with E-state index in [1.54, 1.807) is 6.92 Å². The Hall–Kier alpha value is -4.60. The van der Waals surface area contributed by atoms with Crippen molar-refractivity contribution >= 4 is 0 Å². The third-order valence-electron chi connectivity index (χ3n) is 4.86. The van der Waals surface area contributed by atoms with Crippen molar-refractivity contribution in [1.82, 2.24) is 0 Å². The Labute approximate surface area is 206 Å². The molecular weight excluding hydrogens is 408 g/mol. The van der Waals surface area contributed by atoms with Gasteiger partial charge < -0.3 is 0 Å². The van der Waals surface area contributed by atoms with E-state index in [0.29, 0.717) is 11.1 Å². The Bertz CT molecular complexity index is 1420. The zero-order valence-corrected chi connectivity index (χ0v) is 21.0. The number of hydrogen-bond acceptors (Lipinski definition) is 0. The van der Waals surface area contributed by atoms with Crippen LogP contribution in [0.3, 0.4) is 0 Å². The fourth-order valence-corrected chi connectivity index (χ4v) is 3.77. The molecule has 2 rings (SSSR count). The van der Waals surface area contributed by atoms with Gasteiger partial charge in [-0.15, -0.1) is 5.73 Å². The van der Waals surface area contributed by atoms with E-state index in [0.717, 1.165) is 29.6 Å². The van der Waals surface area contributed by atoms with Gasteiger partial charge in [-0.05, 0) is 79.8 Å². The van der Waals surface area contributed by atoms with Crippen molar-refractivity contribution in [1.29, 1.82) is 0 Å². The third kappa shape index (κ3) is 6.22. The lowest BCUT2D eigenvalue weighted by atomic mass is 9.59. The van der Waals surface area contributed by atoms with E-state index in [-0.39, 0.29) is 5.92 Å². The molecule has 0 spiro atoms. The molecule has 0 aliphatic heterocycles. The number of allylic oxidation sites excluding steroid dienone is 5. The van der Waals surface area contributed by atoms with Crippen LogP contribution in [0.1, 0.15) is 47.5 Å². The first kappa shape index (κ1) is 29.4. The largest absolute Gasteiger partial charge is 0.119 e. The van der Waals surface area contributed by atoms with Crippen LogP contribution in [0.25, 0.3) is 0 Å². The standard InChI is InChI=1S/C30H18.2C2H6/c1-7-12-15-16-19-25-21-22-28-24(6)26(11-5)27(18-10-4)29(20-14-9-3)30(25,28)23-17-13-8-2;2*1-2/h28H,1,3-6,21-22H2,2H3;2*1-2H3. The summed E-state index contributed by atoms with van der Waals surface area (Å²) in [4.78, 5) is 0. The molecule has 34 heavy (non-hydrogen) atoms. The van der Waals surface area contributed by atoms with Crippen LogP contribution >= 0.6 is 0 Å². The van der Waals surface area contributed by atoms with E-state index < -0.39 is 5.41 Å². The highest BCUT2D eigenvalue weighted by Crippen LogP contribution is 2.61. The summed E-state index contributed by atoms with van der Waals surface area (Å²) in [5.41, 5.74) is 34.3. The highest BCUT2D eigenvalue weighted by atomic mass is 14.5. The summed E-state index contributed by atoms with van der Waals surface area (Å²) in [6, 6.07) is 0. The molecule has 0 bridgehead atoms. The predicted molar refractivity (Wildman–Crippen MR) is 143 cm³/mol. The molecule has 0 heteroatoms. The van der Waals surface area contributed by atoms with E-state index in [9.17, 15) is 0 Å². The average Bonchev–Trinajstić information content (AvgIpc) is 3.24. The topological polar surface area (TPSA) is 0 Å². The first-order chi connectivity index (χ1) is 16.6. The Morgan fingerprint density at radius 3 is 2.00 bits per heavy atom. The van der Waals surface area contributed by atoms with E-state index >= 15 is 0 Å². The summed E-state index contributed by atoms with van der Waals surface area (Å²) in [5, 5.41) is 0. The first-order valence-electron chi connectivity index (χ1n) is 11.1. The molecule has 0 amide bonds. The van der Waals surface area contributed by atoms with Gasteiger partial charge in [-0.25, -0.2) is 0 Å². The molecule has 166 valence electrons. The fraction of sp³-hybridized carbons (Fsp3) is 0.265. The summed E-state index contributed by atoms with van der Waals surface area (Å²) in [6.45, 7) is 28.6. The molecule has 0 radical (unpaired) electrons. The second-order valence-electron chi connectivity index (χ2n) is 6.24. The molecule has 0 aromatic heterocycles. The maximum Gasteiger partial charge on any atom is 0.102 e. The number of rotatable bonds is 0. The second-order valence-corrected chi connectivity index (χ2v) is 6.24. The van der Waals surface area contributed by atoms with Gasteiger partial charge >= 0.3 is 0 Å². The van der Waals surface area contributed by atoms with Gasteiger partial charge in [0.2, 0.25) is 0 Å². The maximum atomic E-state index is 4.32. The quantitative estimate of drug-likeness (QED) is 0.266. The molecule has 2 atom stereocenters. The lowest BCUT2D eigenvalue weighted by molar-refractivity contribution is 0.441. The molecule has 0 aromatic carbocycles. The van der Waals surface area contributed by atoms with Crippen LogP contribution in [-0.4, -0.2) is 0 Å². The molecule has 2 aliphatic carbocycles. The monoisotopic (exact) mass is 438 g/mol. The Morgan fingerprint density at radius 2 is 1.44 bits per heavy atom. The zero-order chi connectivity index (χ0) is 26.0. The lowest BCUT2D eigenvalue weighted by Gasteiger charge is -2.39. The molecule has 0 saturated heterocycles. The van der Waals surface area contributed by atoms with Crippen molar-refractivity contribution in [3.63, 3.8) is 0 Å². The minimum Gasteiger partial charge on any atom is -0.119 e. The van der Waals surface area contributed by atoms with Crippen molar-refractivity contribution < 1.29 is 0 Å². The Morgan fingerprint density at radius 1 is 0.765 bits per heavy atom. The van der Waals surface area contributed by atoms with Crippen LogP contribution in [0, 0.1) is 35.0 Å². The van der Waals surface area contributed by atoms with Crippen molar-refractivity contribution in [3.8, 4) is 23.7 Å². The highest BCUT2D eigenvalue weighted by molar-refractivity contribution is 5.69. The van der Waals surface area contributed by atoms with Crippen LogP contribution in [0.4, 0.5) is 0 Å². The van der Waals surface area contributed by atoms with Gasteiger partial charge in [0, 0.05) is 22.6 Å². The fourth-order valence-electron chi connectivity index (χ4n) is 3.77. The summed E-state index contributed by atoms with van der Waals surface area (Å²) in [7, 11) is 0. The highest BCUT2D eigenvalue weighted by Gasteiger charge is 2.55. The molecule has 0 N–H and O–H groups in total. The minimum absolute atomic E-state index is 0.0550. The molecule has 0 aromatic rings. The average molecular weight is 439 g/mol. The van der Waals surface area contributed by atoms with Crippen molar-refractivity contribution in [2.45, 2.75) is 47.5 Å². The number of hydrogen-bond donors (Lipinski definition) is 0. The Kier molecular flexibility index (Phi) is 13.9. The predicted octanol–water partition coefficient (Wildman–Crippen LogP) is 7.96. The summed E-state index contributed by atoms with van der Waals surface area (Å²) >= 11 is 0. The van der Waals surface area contributed by atoms with Crippen LogP contribution < -0.4 is 0 Å². The molecule has 2 unspecified atom stereocenters. The van der Waals surface area contributed by atoms with Crippen molar-refractivity contribution in [2.75, 3.05) is 0 Å². The van der Waals surface area contributed by atoms with Gasteiger partial charge in [0.1, 0.15) is 5.41 Å². The van der Waals surface area contributed by atoms with Crippen LogP contribution in [0.15, 0.2) is 124 Å². The summed E-state index contributed by atoms with van der Waals surface area (Å²) < 4.78 is 0. The van der Waals surface area contributed by atoms with Crippen LogP contribution in [0.5, 0.6) is 0 Å². The van der Waals surface area contributed by atoms with Gasteiger partial charge in [-0.1, -0.05) is 87.1 Å². The lowest BCUT2D eigenvalue weighted by Crippen LogP contribution is -2.34. The van der Waals surface area contributed by atoms with Crippen LogP contribution in [-0.2, 0) is 0 Å². The van der Waals surface area contributed by atoms with Gasteiger partial charge in [0.05, 0.1) is 5.57 Å². The van der Waals surface area contributed by atoms with E-state index in [1.807, 2.05) is 27.7 Å². The minimum atomic E-state index is -0.809. The van der Waals surface area contributed by atoms with E-state index in [2.05, 4.69) is 120 Å². The number of fused-ring (bicyclic) bond motifs is 1. The molecular formula is C34H30. The normalized spacial score (nSPS) is 18.0. The summed E-state index contributed by atoms with van der Waals surface area (Å²) in [6.07, 6.45) is 1.53. The SMILES string of the molecule is C=C=C=C=C=C=C1CCC2C(=C)C(=C=C)C(=C=C=C)C(=C=C=C=C)C12C#CC#CC.CC.CC. The molecule has 2 aliphatic rings. The molecule has 0 nitrogen and oxygen atoms in total. The molecule has 2 fully saturated rings. The van der Waals surface area contributed by atoms with E-state index in [4.69, 9.17) is 0 Å². The van der Waals surface area contributed by atoms with Crippen LogP contribution in [0.2, 0.25) is 0 Å². The maximum absolute atomic E-state index is 4.32. The van der Waals surface area contributed by atoms with Crippen molar-refractivity contribution in [2.24, 2.45) is 11.3 Å². The van der Waals surface area contributed by atoms with Gasteiger partial charge in [-0.2, -0.15) is 0 Å². The van der Waals surface area contributed by atoms with Gasteiger partial charge in [-0.3, -0.25) is 0 Å². The second kappa shape index (κ2) is 16.1. The zero-order valence-electron chi connectivity index (χ0n) is 21.0. The summed E-state index contributed by atoms with van der Waals surface area (Å²) in [5.74, 6) is 11.9. The van der Waals surface area contributed by atoms with Crippen molar-refractivity contribution in [3.05, 3.63) is 124 Å². The first-order valence-corrected chi connectivity index (χ1v) is 11.1. The van der Waals surface area contributed by atoms with E-state index in [1.165, 1.54) is 0 Å². The third-order valence-corrected chi connectivity index (χ3v) is 4.86. The molecule has 2 saturated carbocycles. The molecule has 0 heterocycles. The van der Waals surface area contributed by atoms with Gasteiger partial charge in [0.25, 0.3) is 0 Å². The Balaban J connectivity index is 0.00000258. The smallest absolute Gasteiger partial charge is 0.102 e.